The average Bonchev–Trinajstić information content (AvgIpc) is 2.48. The summed E-state index contributed by atoms with van der Waals surface area (Å²) in [6.45, 7) is 8.32. The van der Waals surface area contributed by atoms with Crippen LogP contribution in [-0.4, -0.2) is 11.8 Å². The lowest BCUT2D eigenvalue weighted by molar-refractivity contribution is -0.129. The zero-order chi connectivity index (χ0) is 16.6. The predicted molar refractivity (Wildman–Crippen MR) is 89.1 cm³/mol. The number of hydrogen-bond acceptors (Lipinski definition) is 2. The van der Waals surface area contributed by atoms with E-state index in [0.717, 1.165) is 25.7 Å². The molecule has 1 rings (SSSR count). The van der Waals surface area contributed by atoms with Crippen molar-refractivity contribution in [2.24, 2.45) is 11.3 Å². The maximum atomic E-state index is 12.4. The summed E-state index contributed by atoms with van der Waals surface area (Å²) >= 11 is 0. The molecule has 0 radical (unpaired) electrons. The minimum absolute atomic E-state index is 0.116. The molecule has 0 aromatic heterocycles. The molecular formula is C18H28N2O2. The Labute approximate surface area is 133 Å². The van der Waals surface area contributed by atoms with Crippen molar-refractivity contribution in [1.29, 1.82) is 0 Å². The van der Waals surface area contributed by atoms with E-state index in [1.165, 1.54) is 0 Å². The molecule has 4 nitrogen and oxygen atoms in total. The van der Waals surface area contributed by atoms with Crippen LogP contribution < -0.4 is 10.9 Å². The molecule has 2 amide bonds. The van der Waals surface area contributed by atoms with Crippen LogP contribution in [0.2, 0.25) is 0 Å². The lowest BCUT2D eigenvalue weighted by Gasteiger charge is -2.29. The smallest absolute Gasteiger partial charge is 0.269 e. The Morgan fingerprint density at radius 3 is 2.23 bits per heavy atom. The Morgan fingerprint density at radius 1 is 1.05 bits per heavy atom. The van der Waals surface area contributed by atoms with Crippen LogP contribution in [0.15, 0.2) is 30.3 Å². The van der Waals surface area contributed by atoms with Crippen LogP contribution in [0.5, 0.6) is 0 Å². The summed E-state index contributed by atoms with van der Waals surface area (Å²) < 4.78 is 0. The molecule has 0 heterocycles. The quantitative estimate of drug-likeness (QED) is 0.622. The molecule has 0 fully saturated rings. The second-order valence-electron chi connectivity index (χ2n) is 6.72. The van der Waals surface area contributed by atoms with E-state index < -0.39 is 0 Å². The minimum Gasteiger partial charge on any atom is -0.273 e. The highest BCUT2D eigenvalue weighted by Crippen LogP contribution is 2.30. The normalized spacial score (nSPS) is 12.5. The Hall–Kier alpha value is -1.84. The monoisotopic (exact) mass is 304 g/mol. The predicted octanol–water partition coefficient (Wildman–Crippen LogP) is 3.69. The van der Waals surface area contributed by atoms with Gasteiger partial charge in [-0.3, -0.25) is 20.4 Å². The lowest BCUT2D eigenvalue weighted by atomic mass is 9.77. The van der Waals surface area contributed by atoms with Gasteiger partial charge in [0, 0.05) is 11.5 Å². The Morgan fingerprint density at radius 2 is 1.68 bits per heavy atom. The molecule has 0 aliphatic rings. The van der Waals surface area contributed by atoms with Crippen molar-refractivity contribution in [3.8, 4) is 0 Å². The van der Waals surface area contributed by atoms with E-state index in [4.69, 9.17) is 0 Å². The summed E-state index contributed by atoms with van der Waals surface area (Å²) in [5.74, 6) is -0.529. The number of amides is 2. The minimum atomic E-state index is -0.296. The number of unbranched alkanes of at least 4 members (excludes halogenated alkanes) is 2. The van der Waals surface area contributed by atoms with E-state index in [1.807, 2.05) is 6.07 Å². The van der Waals surface area contributed by atoms with Crippen LogP contribution in [-0.2, 0) is 4.79 Å². The molecular weight excluding hydrogens is 276 g/mol. The fourth-order valence-electron chi connectivity index (χ4n) is 2.42. The van der Waals surface area contributed by atoms with Gasteiger partial charge in [0.2, 0.25) is 5.91 Å². The van der Waals surface area contributed by atoms with Crippen LogP contribution >= 0.6 is 0 Å². The van der Waals surface area contributed by atoms with E-state index in [0.29, 0.717) is 5.56 Å². The van der Waals surface area contributed by atoms with Crippen molar-refractivity contribution in [1.82, 2.24) is 10.9 Å². The van der Waals surface area contributed by atoms with Gasteiger partial charge in [-0.25, -0.2) is 0 Å². The number of benzene rings is 1. The van der Waals surface area contributed by atoms with E-state index in [2.05, 4.69) is 38.5 Å². The van der Waals surface area contributed by atoms with Gasteiger partial charge in [0.15, 0.2) is 0 Å². The third-order valence-corrected chi connectivity index (χ3v) is 3.79. The zero-order valence-electron chi connectivity index (χ0n) is 14.1. The van der Waals surface area contributed by atoms with Crippen molar-refractivity contribution in [3.05, 3.63) is 35.9 Å². The van der Waals surface area contributed by atoms with Crippen molar-refractivity contribution in [2.75, 3.05) is 0 Å². The maximum absolute atomic E-state index is 12.4. The highest BCUT2D eigenvalue weighted by atomic mass is 16.2. The lowest BCUT2D eigenvalue weighted by Crippen LogP contribution is -2.47. The third kappa shape index (κ3) is 5.88. The van der Waals surface area contributed by atoms with Gasteiger partial charge in [0.25, 0.3) is 5.91 Å². The van der Waals surface area contributed by atoms with Gasteiger partial charge in [-0.15, -0.1) is 0 Å². The second-order valence-corrected chi connectivity index (χ2v) is 6.72. The van der Waals surface area contributed by atoms with E-state index in [9.17, 15) is 9.59 Å². The van der Waals surface area contributed by atoms with Crippen LogP contribution in [0.25, 0.3) is 0 Å². The fourth-order valence-corrected chi connectivity index (χ4v) is 2.42. The van der Waals surface area contributed by atoms with Crippen molar-refractivity contribution < 1.29 is 9.59 Å². The first-order valence-electron chi connectivity index (χ1n) is 8.01. The zero-order valence-corrected chi connectivity index (χ0v) is 14.1. The van der Waals surface area contributed by atoms with Crippen molar-refractivity contribution in [2.45, 2.75) is 53.4 Å². The molecule has 0 saturated carbocycles. The Kier molecular flexibility index (Phi) is 7.09. The second kappa shape index (κ2) is 8.57. The molecule has 1 unspecified atom stereocenters. The van der Waals surface area contributed by atoms with Gasteiger partial charge in [-0.05, 0) is 24.0 Å². The van der Waals surface area contributed by atoms with E-state index in [-0.39, 0.29) is 23.1 Å². The van der Waals surface area contributed by atoms with Gasteiger partial charge in [0.1, 0.15) is 0 Å². The highest BCUT2D eigenvalue weighted by Gasteiger charge is 2.30. The summed E-state index contributed by atoms with van der Waals surface area (Å²) in [5, 5.41) is 0. The number of rotatable bonds is 6. The van der Waals surface area contributed by atoms with Crippen molar-refractivity contribution >= 4 is 11.8 Å². The Balaban J connectivity index is 2.58. The summed E-state index contributed by atoms with van der Waals surface area (Å²) in [4.78, 5) is 24.3. The molecule has 0 saturated heterocycles. The third-order valence-electron chi connectivity index (χ3n) is 3.79. The molecule has 0 spiro atoms. The first-order chi connectivity index (χ1) is 10.4. The van der Waals surface area contributed by atoms with Crippen LogP contribution in [0.3, 0.4) is 0 Å². The van der Waals surface area contributed by atoms with Gasteiger partial charge < -0.3 is 0 Å². The standard InChI is InChI=1S/C18H28N2O2/c1-5-6-8-13-15(18(2,3)4)17(22)20-19-16(21)14-11-9-7-10-12-14/h7,9-12,15H,5-6,8,13H2,1-4H3,(H,19,21)(H,20,22). The molecule has 4 heteroatoms. The molecule has 1 aromatic rings. The number of hydrazine groups is 1. The van der Waals surface area contributed by atoms with Gasteiger partial charge in [0.05, 0.1) is 0 Å². The molecule has 1 atom stereocenters. The Bertz CT molecular complexity index is 478. The van der Waals surface area contributed by atoms with E-state index in [1.54, 1.807) is 24.3 Å². The van der Waals surface area contributed by atoms with Crippen molar-refractivity contribution in [3.63, 3.8) is 0 Å². The summed E-state index contributed by atoms with van der Waals surface area (Å²) in [6.07, 6.45) is 4.11. The van der Waals surface area contributed by atoms with Crippen LogP contribution in [0.1, 0.15) is 63.7 Å². The largest absolute Gasteiger partial charge is 0.273 e. The van der Waals surface area contributed by atoms with E-state index >= 15 is 0 Å². The average molecular weight is 304 g/mol. The van der Waals surface area contributed by atoms with Gasteiger partial charge in [-0.2, -0.15) is 0 Å². The molecule has 22 heavy (non-hydrogen) atoms. The SMILES string of the molecule is CCCCCC(C(=O)NNC(=O)c1ccccc1)C(C)(C)C. The molecule has 0 bridgehead atoms. The molecule has 0 aliphatic carbocycles. The fraction of sp³-hybridized carbons (Fsp3) is 0.556. The summed E-state index contributed by atoms with van der Waals surface area (Å²) in [6, 6.07) is 8.85. The van der Waals surface area contributed by atoms with Gasteiger partial charge >= 0.3 is 0 Å². The molecule has 122 valence electrons. The molecule has 0 aliphatic heterocycles. The van der Waals surface area contributed by atoms with Crippen LogP contribution in [0, 0.1) is 11.3 Å². The van der Waals surface area contributed by atoms with Gasteiger partial charge in [-0.1, -0.05) is 65.2 Å². The molecule has 1 aromatic carbocycles. The first kappa shape index (κ1) is 18.2. The summed E-state index contributed by atoms with van der Waals surface area (Å²) in [5.41, 5.74) is 5.48. The number of hydrogen-bond donors (Lipinski definition) is 2. The number of carbonyl (C=O) groups excluding carboxylic acids is 2. The highest BCUT2D eigenvalue weighted by molar-refractivity contribution is 5.95. The van der Waals surface area contributed by atoms with Crippen LogP contribution in [0.4, 0.5) is 0 Å². The number of carbonyl (C=O) groups is 2. The maximum Gasteiger partial charge on any atom is 0.269 e. The summed E-state index contributed by atoms with van der Waals surface area (Å²) in [7, 11) is 0. The first-order valence-corrected chi connectivity index (χ1v) is 8.01. The molecule has 2 N–H and O–H groups in total. The topological polar surface area (TPSA) is 58.2 Å². The number of nitrogens with one attached hydrogen (secondary N) is 2.